The quantitative estimate of drug-likeness (QED) is 0.141. The van der Waals surface area contributed by atoms with Crippen LogP contribution in [0.5, 0.6) is 0 Å². The molecular weight excluding hydrogens is 749 g/mol. The molecule has 0 amide bonds. The molecule has 0 aliphatic heterocycles. The summed E-state index contributed by atoms with van der Waals surface area (Å²) in [6.45, 7) is 0. The minimum Gasteiger partial charge on any atom is -0.310 e. The van der Waals surface area contributed by atoms with Gasteiger partial charge in [-0.2, -0.15) is 0 Å². The summed E-state index contributed by atoms with van der Waals surface area (Å²) in [4.78, 5) is 2.43. The summed E-state index contributed by atoms with van der Waals surface area (Å²) in [6.07, 6.45) is 0. The van der Waals surface area contributed by atoms with Gasteiger partial charge in [0.15, 0.2) is 0 Å². The first-order valence-corrected chi connectivity index (χ1v) is 21.3. The van der Waals surface area contributed by atoms with E-state index in [9.17, 15) is 0 Å². The van der Waals surface area contributed by atoms with Crippen LogP contribution in [-0.4, -0.2) is 4.57 Å². The number of fused-ring (bicyclic) bond motifs is 3. The van der Waals surface area contributed by atoms with Gasteiger partial charge in [0.2, 0.25) is 0 Å². The van der Waals surface area contributed by atoms with Crippen LogP contribution in [0.1, 0.15) is 0 Å². The van der Waals surface area contributed by atoms with Crippen LogP contribution in [0, 0.1) is 0 Å². The first-order valence-electron chi connectivity index (χ1n) is 21.3. The second kappa shape index (κ2) is 16.1. The summed E-state index contributed by atoms with van der Waals surface area (Å²) in [5.41, 5.74) is 18.6. The van der Waals surface area contributed by atoms with Gasteiger partial charge in [0.25, 0.3) is 0 Å². The summed E-state index contributed by atoms with van der Waals surface area (Å²) in [5, 5.41) is 2.42. The molecule has 0 bridgehead atoms. The van der Waals surface area contributed by atoms with E-state index in [1.54, 1.807) is 0 Å². The molecule has 0 aliphatic rings. The van der Waals surface area contributed by atoms with Crippen molar-refractivity contribution in [2.24, 2.45) is 0 Å². The van der Waals surface area contributed by atoms with Gasteiger partial charge in [-0.15, -0.1) is 0 Å². The van der Waals surface area contributed by atoms with E-state index in [2.05, 4.69) is 264 Å². The highest BCUT2D eigenvalue weighted by molar-refractivity contribution is 6.11. The van der Waals surface area contributed by atoms with Gasteiger partial charge in [0.05, 0.1) is 22.4 Å². The predicted molar refractivity (Wildman–Crippen MR) is 263 cm³/mol. The fourth-order valence-electron chi connectivity index (χ4n) is 9.10. The van der Waals surface area contributed by atoms with Crippen molar-refractivity contribution >= 4 is 38.9 Å². The van der Waals surface area contributed by atoms with Crippen molar-refractivity contribution in [1.82, 2.24) is 4.57 Å². The van der Waals surface area contributed by atoms with Gasteiger partial charge in [-0.05, 0) is 87.0 Å². The van der Waals surface area contributed by atoms with E-state index in [4.69, 9.17) is 0 Å². The topological polar surface area (TPSA) is 8.17 Å². The maximum absolute atomic E-state index is 2.48. The third-order valence-corrected chi connectivity index (χ3v) is 12.0. The maximum Gasteiger partial charge on any atom is 0.0562 e. The molecule has 2 heteroatoms. The third kappa shape index (κ3) is 6.74. The molecule has 10 aromatic carbocycles. The zero-order valence-electron chi connectivity index (χ0n) is 34.1. The minimum atomic E-state index is 1.07. The van der Waals surface area contributed by atoms with E-state index >= 15 is 0 Å². The van der Waals surface area contributed by atoms with E-state index in [1.807, 2.05) is 0 Å². The van der Waals surface area contributed by atoms with E-state index in [1.165, 1.54) is 60.8 Å². The Morgan fingerprint density at radius 1 is 0.274 bits per heavy atom. The average Bonchev–Trinajstić information content (AvgIpc) is 3.69. The fraction of sp³-hybridized carbons (Fsp3) is 0. The lowest BCUT2D eigenvalue weighted by Crippen LogP contribution is -2.11. The SMILES string of the molecule is c1ccc(-c2ccc(-c3ccccc3N(c3ccc(-c4ccccc4)cc3)c3ccc4c5ccccc5n(-c5cccc(-c6ccccc6)c5-c5ccccc5)c4c3)cc2)cc1. The van der Waals surface area contributed by atoms with Gasteiger partial charge in [-0.1, -0.05) is 212 Å². The normalized spacial score (nSPS) is 11.2. The lowest BCUT2D eigenvalue weighted by Gasteiger charge is -2.28. The molecular formula is C60H42N2. The largest absolute Gasteiger partial charge is 0.310 e. The molecule has 62 heavy (non-hydrogen) atoms. The van der Waals surface area contributed by atoms with Crippen LogP contribution in [0.25, 0.3) is 83.1 Å². The predicted octanol–water partition coefficient (Wildman–Crippen LogP) is 16.6. The number of hydrogen-bond acceptors (Lipinski definition) is 1. The first-order chi connectivity index (χ1) is 30.8. The number of nitrogens with zero attached hydrogens (tertiary/aromatic N) is 2. The molecule has 1 heterocycles. The van der Waals surface area contributed by atoms with Crippen molar-refractivity contribution in [2.45, 2.75) is 0 Å². The summed E-state index contributed by atoms with van der Waals surface area (Å²) < 4.78 is 2.48. The van der Waals surface area contributed by atoms with Crippen molar-refractivity contribution in [3.8, 4) is 61.3 Å². The zero-order valence-corrected chi connectivity index (χ0v) is 34.1. The Morgan fingerprint density at radius 2 is 0.726 bits per heavy atom. The molecule has 0 spiro atoms. The van der Waals surface area contributed by atoms with Crippen molar-refractivity contribution in [1.29, 1.82) is 0 Å². The highest BCUT2D eigenvalue weighted by Gasteiger charge is 2.22. The van der Waals surface area contributed by atoms with Crippen LogP contribution in [-0.2, 0) is 0 Å². The second-order valence-corrected chi connectivity index (χ2v) is 15.7. The summed E-state index contributed by atoms with van der Waals surface area (Å²) in [6, 6.07) is 92.1. The first kappa shape index (κ1) is 36.8. The van der Waals surface area contributed by atoms with Crippen LogP contribution in [0.2, 0.25) is 0 Å². The van der Waals surface area contributed by atoms with Crippen LogP contribution in [0.4, 0.5) is 17.1 Å². The van der Waals surface area contributed by atoms with Crippen LogP contribution < -0.4 is 4.90 Å². The Kier molecular flexibility index (Phi) is 9.57. The molecule has 0 unspecified atom stereocenters. The molecule has 292 valence electrons. The Morgan fingerprint density at radius 3 is 1.39 bits per heavy atom. The average molecular weight is 791 g/mol. The van der Waals surface area contributed by atoms with Gasteiger partial charge in [-0.3, -0.25) is 0 Å². The zero-order chi connectivity index (χ0) is 41.2. The van der Waals surface area contributed by atoms with Gasteiger partial charge >= 0.3 is 0 Å². The molecule has 0 N–H and O–H groups in total. The summed E-state index contributed by atoms with van der Waals surface area (Å²) in [5.74, 6) is 0. The minimum absolute atomic E-state index is 1.07. The molecule has 0 saturated heterocycles. The van der Waals surface area contributed by atoms with Crippen molar-refractivity contribution in [3.05, 3.63) is 255 Å². The molecule has 0 fully saturated rings. The van der Waals surface area contributed by atoms with E-state index in [0.29, 0.717) is 0 Å². The monoisotopic (exact) mass is 790 g/mol. The number of hydrogen-bond donors (Lipinski definition) is 0. The van der Waals surface area contributed by atoms with Crippen molar-refractivity contribution in [2.75, 3.05) is 4.90 Å². The van der Waals surface area contributed by atoms with Crippen molar-refractivity contribution in [3.63, 3.8) is 0 Å². The van der Waals surface area contributed by atoms with E-state index in [0.717, 1.165) is 39.4 Å². The molecule has 2 nitrogen and oxygen atoms in total. The van der Waals surface area contributed by atoms with Crippen LogP contribution >= 0.6 is 0 Å². The number of aromatic nitrogens is 1. The molecule has 0 aliphatic carbocycles. The van der Waals surface area contributed by atoms with Crippen LogP contribution in [0.3, 0.4) is 0 Å². The maximum atomic E-state index is 2.48. The number of benzene rings is 10. The Labute approximate surface area is 362 Å². The summed E-state index contributed by atoms with van der Waals surface area (Å²) in [7, 11) is 0. The number of rotatable bonds is 9. The summed E-state index contributed by atoms with van der Waals surface area (Å²) >= 11 is 0. The van der Waals surface area contributed by atoms with Gasteiger partial charge in [-0.25, -0.2) is 0 Å². The number of anilines is 3. The Balaban J connectivity index is 1.14. The number of para-hydroxylation sites is 2. The molecule has 1 aromatic heterocycles. The van der Waals surface area contributed by atoms with Crippen molar-refractivity contribution < 1.29 is 0 Å². The molecule has 11 rings (SSSR count). The molecule has 0 atom stereocenters. The highest BCUT2D eigenvalue weighted by atomic mass is 15.1. The Bertz CT molecular complexity index is 3300. The third-order valence-electron chi connectivity index (χ3n) is 12.0. The molecule has 11 aromatic rings. The molecule has 0 saturated carbocycles. The molecule has 0 radical (unpaired) electrons. The fourth-order valence-corrected chi connectivity index (χ4v) is 9.10. The van der Waals surface area contributed by atoms with Gasteiger partial charge in [0.1, 0.15) is 0 Å². The lowest BCUT2D eigenvalue weighted by atomic mass is 9.93. The van der Waals surface area contributed by atoms with Gasteiger partial charge in [0, 0.05) is 33.3 Å². The lowest BCUT2D eigenvalue weighted by molar-refractivity contribution is 1.18. The van der Waals surface area contributed by atoms with Gasteiger partial charge < -0.3 is 9.47 Å². The second-order valence-electron chi connectivity index (χ2n) is 15.7. The Hall–Kier alpha value is -8.20. The van der Waals surface area contributed by atoms with E-state index < -0.39 is 0 Å². The standard InChI is InChI=1S/C60H42N2/c1-5-18-43(19-6-1)45-32-34-48(35-33-45)52-26-13-15-29-56(52)61(50-38-36-46(37-39-50)44-20-7-2-8-21-44)51-40-41-55-54-27-14-16-30-57(54)62(59(55)42-51)58-31-17-28-53(47-22-9-3-10-23-47)60(58)49-24-11-4-12-25-49/h1-42H. The van der Waals surface area contributed by atoms with Crippen LogP contribution in [0.15, 0.2) is 255 Å². The highest BCUT2D eigenvalue weighted by Crippen LogP contribution is 2.45. The van der Waals surface area contributed by atoms with E-state index in [-0.39, 0.29) is 0 Å². The smallest absolute Gasteiger partial charge is 0.0562 e.